The predicted molar refractivity (Wildman–Crippen MR) is 142 cm³/mol. The SMILES string of the molecule is C=CCOc1ccc(C=NNC(=O)CN(c2ccc(C)c(Cl)c2)S(=O)(=O)c2ccccc2)cc1OC. The van der Waals surface area contributed by atoms with Crippen molar-refractivity contribution in [1.29, 1.82) is 0 Å². The Hall–Kier alpha value is -3.82. The molecule has 0 saturated heterocycles. The Morgan fingerprint density at radius 2 is 1.86 bits per heavy atom. The van der Waals surface area contributed by atoms with Gasteiger partial charge in [0.15, 0.2) is 11.5 Å². The Morgan fingerprint density at radius 3 is 2.53 bits per heavy atom. The van der Waals surface area contributed by atoms with Gasteiger partial charge in [0, 0.05) is 5.02 Å². The molecule has 188 valence electrons. The number of carbonyl (C=O) groups excluding carboxylic acids is 1. The lowest BCUT2D eigenvalue weighted by molar-refractivity contribution is -0.119. The largest absolute Gasteiger partial charge is 0.493 e. The minimum absolute atomic E-state index is 0.0452. The van der Waals surface area contributed by atoms with E-state index < -0.39 is 22.5 Å². The highest BCUT2D eigenvalue weighted by atomic mass is 35.5. The first-order chi connectivity index (χ1) is 17.3. The Labute approximate surface area is 215 Å². The monoisotopic (exact) mass is 527 g/mol. The summed E-state index contributed by atoms with van der Waals surface area (Å²) in [6.45, 7) is 5.23. The van der Waals surface area contributed by atoms with E-state index in [1.54, 1.807) is 61.5 Å². The van der Waals surface area contributed by atoms with Crippen molar-refractivity contribution in [3.8, 4) is 11.5 Å². The van der Waals surface area contributed by atoms with Gasteiger partial charge in [0.2, 0.25) is 0 Å². The second kappa shape index (κ2) is 12.2. The Morgan fingerprint density at radius 1 is 1.11 bits per heavy atom. The fourth-order valence-electron chi connectivity index (χ4n) is 3.15. The van der Waals surface area contributed by atoms with Gasteiger partial charge in [0.25, 0.3) is 15.9 Å². The van der Waals surface area contributed by atoms with Gasteiger partial charge in [-0.1, -0.05) is 48.5 Å². The smallest absolute Gasteiger partial charge is 0.264 e. The number of methoxy groups -OCH3 is 1. The Kier molecular flexibility index (Phi) is 9.10. The van der Waals surface area contributed by atoms with Crippen molar-refractivity contribution in [2.75, 3.05) is 24.6 Å². The molecular weight excluding hydrogens is 502 g/mol. The number of hydrogen-bond donors (Lipinski definition) is 1. The molecule has 0 bridgehead atoms. The molecule has 8 nitrogen and oxygen atoms in total. The molecule has 0 fully saturated rings. The summed E-state index contributed by atoms with van der Waals surface area (Å²) in [5.74, 6) is 0.390. The van der Waals surface area contributed by atoms with Crippen LogP contribution in [0.15, 0.2) is 89.4 Å². The molecular formula is C26H26ClN3O5S. The third-order valence-corrected chi connectivity index (χ3v) is 7.20. The number of ether oxygens (including phenoxy) is 2. The summed E-state index contributed by atoms with van der Waals surface area (Å²) >= 11 is 6.24. The molecule has 0 saturated carbocycles. The number of aryl methyl sites for hydroxylation is 1. The summed E-state index contributed by atoms with van der Waals surface area (Å²) in [6.07, 6.45) is 3.03. The number of hydrazone groups is 1. The number of carbonyl (C=O) groups is 1. The third kappa shape index (κ3) is 6.65. The lowest BCUT2D eigenvalue weighted by Crippen LogP contribution is -2.39. The molecule has 0 aliphatic carbocycles. The van der Waals surface area contributed by atoms with Crippen molar-refractivity contribution >= 4 is 39.4 Å². The minimum Gasteiger partial charge on any atom is -0.493 e. The number of amides is 1. The maximum atomic E-state index is 13.4. The summed E-state index contributed by atoms with van der Waals surface area (Å²) in [5.41, 5.74) is 4.05. The molecule has 0 unspecified atom stereocenters. The first-order valence-electron chi connectivity index (χ1n) is 10.8. The van der Waals surface area contributed by atoms with Crippen LogP contribution < -0.4 is 19.2 Å². The van der Waals surface area contributed by atoms with Crippen LogP contribution in [0, 0.1) is 6.92 Å². The number of nitrogens with one attached hydrogen (secondary N) is 1. The number of hydrogen-bond acceptors (Lipinski definition) is 6. The summed E-state index contributed by atoms with van der Waals surface area (Å²) < 4.78 is 38.6. The average Bonchev–Trinajstić information content (AvgIpc) is 2.88. The Bertz CT molecular complexity index is 1360. The fraction of sp³-hybridized carbons (Fsp3) is 0.154. The molecule has 0 aliphatic rings. The van der Waals surface area contributed by atoms with Gasteiger partial charge in [-0.3, -0.25) is 9.10 Å². The summed E-state index contributed by atoms with van der Waals surface area (Å²) in [7, 11) is -2.54. The van der Waals surface area contributed by atoms with Gasteiger partial charge in [-0.25, -0.2) is 13.8 Å². The number of halogens is 1. The number of nitrogens with zero attached hydrogens (tertiary/aromatic N) is 2. The summed E-state index contributed by atoms with van der Waals surface area (Å²) in [4.78, 5) is 12.8. The van der Waals surface area contributed by atoms with E-state index in [1.165, 1.54) is 31.5 Å². The number of sulfonamides is 1. The maximum absolute atomic E-state index is 13.4. The molecule has 3 aromatic carbocycles. The highest BCUT2D eigenvalue weighted by Crippen LogP contribution is 2.29. The molecule has 1 N–H and O–H groups in total. The van der Waals surface area contributed by atoms with Crippen LogP contribution in [0.1, 0.15) is 11.1 Å². The number of benzene rings is 3. The van der Waals surface area contributed by atoms with Gasteiger partial charge in [0.05, 0.1) is 23.9 Å². The zero-order valence-electron chi connectivity index (χ0n) is 19.8. The quantitative estimate of drug-likeness (QED) is 0.224. The van der Waals surface area contributed by atoms with Crippen LogP contribution in [0.25, 0.3) is 0 Å². The minimum atomic E-state index is -4.05. The zero-order chi connectivity index (χ0) is 26.1. The van der Waals surface area contributed by atoms with Gasteiger partial charge in [0.1, 0.15) is 13.2 Å². The Balaban J connectivity index is 1.80. The third-order valence-electron chi connectivity index (χ3n) is 5.01. The van der Waals surface area contributed by atoms with Gasteiger partial charge < -0.3 is 9.47 Å². The van der Waals surface area contributed by atoms with E-state index in [9.17, 15) is 13.2 Å². The van der Waals surface area contributed by atoms with Crippen LogP contribution in [-0.4, -0.2) is 40.8 Å². The molecule has 0 spiro atoms. The molecule has 0 radical (unpaired) electrons. The molecule has 1 amide bonds. The molecule has 10 heteroatoms. The highest BCUT2D eigenvalue weighted by molar-refractivity contribution is 7.92. The molecule has 36 heavy (non-hydrogen) atoms. The van der Waals surface area contributed by atoms with Crippen molar-refractivity contribution in [3.05, 3.63) is 95.5 Å². The number of rotatable bonds is 11. The molecule has 0 heterocycles. The second-order valence-electron chi connectivity index (χ2n) is 7.56. The molecule has 3 aromatic rings. The molecule has 0 aliphatic heterocycles. The van der Waals surface area contributed by atoms with Crippen molar-refractivity contribution in [2.45, 2.75) is 11.8 Å². The predicted octanol–water partition coefficient (Wildman–Crippen LogP) is 4.57. The van der Waals surface area contributed by atoms with Gasteiger partial charge in [-0.05, 0) is 60.5 Å². The fourth-order valence-corrected chi connectivity index (χ4v) is 4.76. The van der Waals surface area contributed by atoms with E-state index in [1.807, 2.05) is 0 Å². The lowest BCUT2D eigenvalue weighted by Gasteiger charge is -2.24. The molecule has 0 aromatic heterocycles. The number of anilines is 1. The van der Waals surface area contributed by atoms with Crippen LogP contribution in [0.5, 0.6) is 11.5 Å². The van der Waals surface area contributed by atoms with Crippen LogP contribution in [-0.2, 0) is 14.8 Å². The van der Waals surface area contributed by atoms with E-state index in [-0.39, 0.29) is 10.6 Å². The van der Waals surface area contributed by atoms with Crippen molar-refractivity contribution in [3.63, 3.8) is 0 Å². The van der Waals surface area contributed by atoms with Crippen molar-refractivity contribution in [1.82, 2.24) is 5.43 Å². The lowest BCUT2D eigenvalue weighted by atomic mass is 10.2. The van der Waals surface area contributed by atoms with Crippen LogP contribution in [0.4, 0.5) is 5.69 Å². The van der Waals surface area contributed by atoms with E-state index in [2.05, 4.69) is 17.1 Å². The van der Waals surface area contributed by atoms with Crippen LogP contribution in [0.2, 0.25) is 5.02 Å². The second-order valence-corrected chi connectivity index (χ2v) is 9.83. The van der Waals surface area contributed by atoms with Crippen LogP contribution >= 0.6 is 11.6 Å². The van der Waals surface area contributed by atoms with Crippen molar-refractivity contribution < 1.29 is 22.7 Å². The zero-order valence-corrected chi connectivity index (χ0v) is 21.4. The van der Waals surface area contributed by atoms with E-state index in [0.29, 0.717) is 28.7 Å². The maximum Gasteiger partial charge on any atom is 0.264 e. The first kappa shape index (κ1) is 26.8. The normalized spacial score (nSPS) is 11.2. The van der Waals surface area contributed by atoms with Gasteiger partial charge in [-0.2, -0.15) is 5.10 Å². The van der Waals surface area contributed by atoms with E-state index in [4.69, 9.17) is 21.1 Å². The van der Waals surface area contributed by atoms with E-state index in [0.717, 1.165) is 9.87 Å². The molecule has 3 rings (SSSR count). The van der Waals surface area contributed by atoms with Gasteiger partial charge in [-0.15, -0.1) is 0 Å². The van der Waals surface area contributed by atoms with Crippen LogP contribution in [0.3, 0.4) is 0 Å². The van der Waals surface area contributed by atoms with Crippen molar-refractivity contribution in [2.24, 2.45) is 5.10 Å². The topological polar surface area (TPSA) is 97.3 Å². The molecule has 0 atom stereocenters. The average molecular weight is 528 g/mol. The summed E-state index contributed by atoms with van der Waals surface area (Å²) in [6, 6.07) is 17.8. The summed E-state index contributed by atoms with van der Waals surface area (Å²) in [5, 5.41) is 4.34. The van der Waals surface area contributed by atoms with Gasteiger partial charge >= 0.3 is 0 Å². The van der Waals surface area contributed by atoms with E-state index >= 15 is 0 Å². The highest BCUT2D eigenvalue weighted by Gasteiger charge is 2.27. The standard InChI is InChI=1S/C26H26ClN3O5S/c1-4-14-35-24-13-11-20(15-25(24)34-3)17-28-29-26(31)18-30(21-12-10-19(2)23(27)16-21)36(32,33)22-8-6-5-7-9-22/h4-13,15-17H,1,14,18H2,2-3H3,(H,29,31). The first-order valence-corrected chi connectivity index (χ1v) is 12.7.